The van der Waals surface area contributed by atoms with Crippen LogP contribution in [0.4, 0.5) is 13.2 Å². The summed E-state index contributed by atoms with van der Waals surface area (Å²) < 4.78 is 81.8. The Morgan fingerprint density at radius 2 is 1.42 bits per heavy atom. The van der Waals surface area contributed by atoms with Crippen LogP contribution in [0.15, 0.2) is 34.1 Å². The van der Waals surface area contributed by atoms with Crippen molar-refractivity contribution in [3.8, 4) is 0 Å². The topological polar surface area (TPSA) is 106 Å². The predicted molar refractivity (Wildman–Crippen MR) is 59.1 cm³/mol. The van der Waals surface area contributed by atoms with Crippen molar-refractivity contribution in [1.29, 1.82) is 0 Å². The Morgan fingerprint density at radius 1 is 1.00 bits per heavy atom. The second-order valence-electron chi connectivity index (χ2n) is 3.46. The number of hydrogen-bond acceptors (Lipinski definition) is 4. The van der Waals surface area contributed by atoms with Gasteiger partial charge in [0.25, 0.3) is 0 Å². The average molecular weight is 318 g/mol. The van der Waals surface area contributed by atoms with Gasteiger partial charge in [-0.15, -0.1) is 0 Å². The van der Waals surface area contributed by atoms with E-state index in [1.165, 1.54) is 4.72 Å². The van der Waals surface area contributed by atoms with E-state index in [0.29, 0.717) is 0 Å². The first-order valence-electron chi connectivity index (χ1n) is 4.61. The fraction of sp³-hybridized carbons (Fsp3) is 0.250. The Balaban J connectivity index is 2.98. The summed E-state index contributed by atoms with van der Waals surface area (Å²) in [6, 6.07) is 3.46. The van der Waals surface area contributed by atoms with Crippen molar-refractivity contribution in [2.45, 2.75) is 16.0 Å². The molecule has 0 aliphatic carbocycles. The molecule has 1 aromatic carbocycles. The summed E-state index contributed by atoms with van der Waals surface area (Å²) in [6.45, 7) is -1.72. The van der Waals surface area contributed by atoms with Crippen LogP contribution in [0.1, 0.15) is 0 Å². The van der Waals surface area contributed by atoms with Crippen LogP contribution in [0.3, 0.4) is 0 Å². The first-order valence-corrected chi connectivity index (χ1v) is 7.64. The lowest BCUT2D eigenvalue weighted by Gasteiger charge is -2.09. The molecular weight excluding hydrogens is 309 g/mol. The summed E-state index contributed by atoms with van der Waals surface area (Å²) in [5, 5.41) is 4.79. The van der Waals surface area contributed by atoms with E-state index in [4.69, 9.17) is 5.14 Å². The number of benzene rings is 1. The molecule has 0 unspecified atom stereocenters. The molecule has 0 aliphatic heterocycles. The van der Waals surface area contributed by atoms with Gasteiger partial charge in [-0.1, -0.05) is 0 Å². The summed E-state index contributed by atoms with van der Waals surface area (Å²) >= 11 is 0. The molecular formula is C8H9F3N2O4S2. The van der Waals surface area contributed by atoms with Crippen LogP contribution >= 0.6 is 0 Å². The standard InChI is InChI=1S/C8H9F3N2O4S2/c9-8(10,11)5-13-19(16,17)7-3-1-6(2-4-7)18(12,14)15/h1-4,13H,5H2,(H2,12,14,15). The van der Waals surface area contributed by atoms with Gasteiger partial charge in [-0.2, -0.15) is 13.2 Å². The molecule has 0 radical (unpaired) electrons. The minimum atomic E-state index is -4.69. The van der Waals surface area contributed by atoms with Crippen molar-refractivity contribution >= 4 is 20.0 Å². The second kappa shape index (κ2) is 5.07. The second-order valence-corrected chi connectivity index (χ2v) is 6.78. The molecule has 19 heavy (non-hydrogen) atoms. The van der Waals surface area contributed by atoms with E-state index in [0.717, 1.165) is 24.3 Å². The Morgan fingerprint density at radius 3 is 1.79 bits per heavy atom. The summed E-state index contributed by atoms with van der Waals surface area (Å²) in [5.74, 6) is 0. The van der Waals surface area contributed by atoms with E-state index >= 15 is 0 Å². The highest BCUT2D eigenvalue weighted by Crippen LogP contribution is 2.16. The lowest BCUT2D eigenvalue weighted by molar-refractivity contribution is -0.121. The maximum Gasteiger partial charge on any atom is 0.402 e. The molecule has 0 spiro atoms. The summed E-state index contributed by atoms with van der Waals surface area (Å²) in [7, 11) is -8.36. The van der Waals surface area contributed by atoms with Gasteiger partial charge in [0.2, 0.25) is 20.0 Å². The van der Waals surface area contributed by atoms with Gasteiger partial charge in [-0.3, -0.25) is 0 Å². The molecule has 0 aliphatic rings. The van der Waals surface area contributed by atoms with Gasteiger partial charge in [0.05, 0.1) is 9.79 Å². The molecule has 1 aromatic rings. The molecule has 3 N–H and O–H groups in total. The molecule has 0 amide bonds. The molecule has 11 heteroatoms. The number of alkyl halides is 3. The van der Waals surface area contributed by atoms with Crippen molar-refractivity contribution in [1.82, 2.24) is 4.72 Å². The average Bonchev–Trinajstić information content (AvgIpc) is 2.25. The Bertz CT molecular complexity index is 650. The van der Waals surface area contributed by atoms with Crippen LogP contribution in [-0.4, -0.2) is 29.6 Å². The van der Waals surface area contributed by atoms with Crippen LogP contribution < -0.4 is 9.86 Å². The SMILES string of the molecule is NS(=O)(=O)c1ccc(S(=O)(=O)NCC(F)(F)F)cc1. The first-order chi connectivity index (χ1) is 8.42. The third kappa shape index (κ3) is 4.78. The van der Waals surface area contributed by atoms with Crippen LogP contribution in [0.2, 0.25) is 0 Å². The van der Waals surface area contributed by atoms with Crippen LogP contribution in [0.25, 0.3) is 0 Å². The Labute approximate surface area is 107 Å². The fourth-order valence-electron chi connectivity index (χ4n) is 1.07. The van der Waals surface area contributed by atoms with Crippen LogP contribution in [0.5, 0.6) is 0 Å². The minimum absolute atomic E-state index is 0.345. The van der Waals surface area contributed by atoms with E-state index in [2.05, 4.69) is 0 Å². The highest BCUT2D eigenvalue weighted by atomic mass is 32.2. The fourth-order valence-corrected chi connectivity index (χ4v) is 2.60. The smallest absolute Gasteiger partial charge is 0.225 e. The van der Waals surface area contributed by atoms with Gasteiger partial charge in [0.1, 0.15) is 6.54 Å². The highest BCUT2D eigenvalue weighted by Gasteiger charge is 2.30. The van der Waals surface area contributed by atoms with Crippen molar-refractivity contribution in [3.63, 3.8) is 0 Å². The number of primary sulfonamides is 1. The van der Waals surface area contributed by atoms with Crippen molar-refractivity contribution in [2.75, 3.05) is 6.54 Å². The molecule has 6 nitrogen and oxygen atoms in total. The molecule has 0 aromatic heterocycles. The molecule has 0 saturated heterocycles. The van der Waals surface area contributed by atoms with Gasteiger partial charge in [0.15, 0.2) is 0 Å². The molecule has 108 valence electrons. The minimum Gasteiger partial charge on any atom is -0.225 e. The van der Waals surface area contributed by atoms with Crippen molar-refractivity contribution < 1.29 is 30.0 Å². The zero-order valence-electron chi connectivity index (χ0n) is 9.18. The molecule has 0 atom stereocenters. The zero-order valence-corrected chi connectivity index (χ0v) is 10.8. The number of halogens is 3. The molecule has 0 saturated carbocycles. The first kappa shape index (κ1) is 15.9. The predicted octanol–water partition coefficient (Wildman–Crippen LogP) is 0.175. The largest absolute Gasteiger partial charge is 0.402 e. The number of nitrogens with one attached hydrogen (secondary N) is 1. The third-order valence-corrected chi connectivity index (χ3v) is 4.27. The maximum atomic E-state index is 11.9. The lowest BCUT2D eigenvalue weighted by atomic mass is 10.4. The number of rotatable bonds is 4. The van der Waals surface area contributed by atoms with Gasteiger partial charge in [-0.25, -0.2) is 26.7 Å². The lowest BCUT2D eigenvalue weighted by Crippen LogP contribution is -2.33. The van der Waals surface area contributed by atoms with E-state index in [1.807, 2.05) is 0 Å². The van der Waals surface area contributed by atoms with Crippen LogP contribution in [-0.2, 0) is 20.0 Å². The van der Waals surface area contributed by atoms with E-state index < -0.39 is 37.7 Å². The van der Waals surface area contributed by atoms with Crippen molar-refractivity contribution in [2.24, 2.45) is 5.14 Å². The van der Waals surface area contributed by atoms with E-state index in [1.54, 1.807) is 0 Å². The van der Waals surface area contributed by atoms with Crippen molar-refractivity contribution in [3.05, 3.63) is 24.3 Å². The van der Waals surface area contributed by atoms with E-state index in [-0.39, 0.29) is 4.90 Å². The van der Waals surface area contributed by atoms with Gasteiger partial charge >= 0.3 is 6.18 Å². The quantitative estimate of drug-likeness (QED) is 0.825. The maximum absolute atomic E-state index is 11.9. The summed E-state index contributed by atoms with van der Waals surface area (Å²) in [6.07, 6.45) is -4.69. The zero-order chi connectivity index (χ0) is 14.9. The van der Waals surface area contributed by atoms with Gasteiger partial charge < -0.3 is 0 Å². The van der Waals surface area contributed by atoms with E-state index in [9.17, 15) is 30.0 Å². The summed E-state index contributed by atoms with van der Waals surface area (Å²) in [4.78, 5) is -0.841. The third-order valence-electron chi connectivity index (χ3n) is 1.93. The molecule has 0 bridgehead atoms. The molecule has 0 heterocycles. The van der Waals surface area contributed by atoms with Gasteiger partial charge in [0, 0.05) is 0 Å². The summed E-state index contributed by atoms with van der Waals surface area (Å²) in [5.41, 5.74) is 0. The monoisotopic (exact) mass is 318 g/mol. The van der Waals surface area contributed by atoms with Crippen LogP contribution in [0, 0.1) is 0 Å². The molecule has 1 rings (SSSR count). The number of nitrogens with two attached hydrogens (primary N) is 1. The number of sulfonamides is 2. The Kier molecular flexibility index (Phi) is 4.24. The number of hydrogen-bond donors (Lipinski definition) is 2. The normalized spacial score (nSPS) is 13.5. The molecule has 0 fully saturated rings. The van der Waals surface area contributed by atoms with Gasteiger partial charge in [-0.05, 0) is 24.3 Å². The Hall–Kier alpha value is -1.17. The highest BCUT2D eigenvalue weighted by molar-refractivity contribution is 7.89.